The number of carboxylic acids is 1. The summed E-state index contributed by atoms with van der Waals surface area (Å²) in [7, 11) is 0. The molecule has 0 atom stereocenters. The second-order valence-electron chi connectivity index (χ2n) is 5.49. The third kappa shape index (κ3) is 2.05. The summed E-state index contributed by atoms with van der Waals surface area (Å²) in [6, 6.07) is 0. The third-order valence-electron chi connectivity index (χ3n) is 4.14. The van der Waals surface area contributed by atoms with Gasteiger partial charge in [-0.15, -0.1) is 0 Å². The summed E-state index contributed by atoms with van der Waals surface area (Å²) in [6.07, 6.45) is 6.70. The van der Waals surface area contributed by atoms with Crippen molar-refractivity contribution < 1.29 is 9.90 Å². The van der Waals surface area contributed by atoms with E-state index in [4.69, 9.17) is 5.11 Å². The highest BCUT2D eigenvalue weighted by Crippen LogP contribution is 2.61. The van der Waals surface area contributed by atoms with Gasteiger partial charge in [-0.2, -0.15) is 0 Å². The Bertz CT molecular complexity index is 493. The molecule has 2 aliphatic carbocycles. The number of aryl methyl sites for hydroxylation is 1. The van der Waals surface area contributed by atoms with Crippen LogP contribution in [0.15, 0.2) is 6.20 Å². The number of aromatic nitrogens is 2. The molecule has 18 heavy (non-hydrogen) atoms. The second-order valence-corrected chi connectivity index (χ2v) is 5.49. The Kier molecular flexibility index (Phi) is 2.50. The van der Waals surface area contributed by atoms with Crippen LogP contribution in [0.2, 0.25) is 0 Å². The molecule has 0 saturated heterocycles. The highest BCUT2D eigenvalue weighted by atomic mass is 16.4. The molecule has 5 nitrogen and oxygen atoms in total. The Morgan fingerprint density at radius 2 is 2.28 bits per heavy atom. The van der Waals surface area contributed by atoms with Crippen molar-refractivity contribution in [2.45, 2.75) is 32.6 Å². The van der Waals surface area contributed by atoms with Gasteiger partial charge in [0.05, 0.1) is 11.3 Å². The molecule has 0 aliphatic heterocycles. The minimum Gasteiger partial charge on any atom is -0.478 e. The molecule has 0 amide bonds. The van der Waals surface area contributed by atoms with Crippen molar-refractivity contribution in [2.75, 3.05) is 11.9 Å². The molecule has 3 rings (SSSR count). The average molecular weight is 247 g/mol. The van der Waals surface area contributed by atoms with E-state index < -0.39 is 5.97 Å². The smallest absolute Gasteiger partial charge is 0.339 e. The number of carboxylic acid groups (broad SMARTS) is 1. The zero-order valence-electron chi connectivity index (χ0n) is 10.4. The van der Waals surface area contributed by atoms with Crippen LogP contribution in [0.4, 0.5) is 5.95 Å². The monoisotopic (exact) mass is 247 g/mol. The van der Waals surface area contributed by atoms with Crippen LogP contribution in [0.1, 0.15) is 41.7 Å². The van der Waals surface area contributed by atoms with Crippen molar-refractivity contribution in [2.24, 2.45) is 11.3 Å². The summed E-state index contributed by atoms with van der Waals surface area (Å²) in [6.45, 7) is 2.62. The van der Waals surface area contributed by atoms with Crippen LogP contribution in [0.3, 0.4) is 0 Å². The lowest BCUT2D eigenvalue weighted by Crippen LogP contribution is -2.19. The van der Waals surface area contributed by atoms with Crippen LogP contribution in [-0.4, -0.2) is 27.6 Å². The number of nitrogens with zero attached hydrogens (tertiary/aromatic N) is 2. The van der Waals surface area contributed by atoms with Crippen molar-refractivity contribution in [3.05, 3.63) is 17.5 Å². The summed E-state index contributed by atoms with van der Waals surface area (Å²) in [5.41, 5.74) is 1.17. The van der Waals surface area contributed by atoms with Gasteiger partial charge in [-0.05, 0) is 43.9 Å². The molecule has 0 aromatic carbocycles. The van der Waals surface area contributed by atoms with E-state index >= 15 is 0 Å². The highest BCUT2D eigenvalue weighted by Gasteiger charge is 2.53. The second kappa shape index (κ2) is 3.93. The van der Waals surface area contributed by atoms with E-state index in [0.29, 0.717) is 17.1 Å². The number of hydrogen-bond acceptors (Lipinski definition) is 4. The van der Waals surface area contributed by atoms with Gasteiger partial charge in [0.15, 0.2) is 0 Å². The summed E-state index contributed by atoms with van der Waals surface area (Å²) >= 11 is 0. The Balaban J connectivity index is 1.66. The van der Waals surface area contributed by atoms with Gasteiger partial charge in [-0.1, -0.05) is 0 Å². The van der Waals surface area contributed by atoms with E-state index in [2.05, 4.69) is 15.3 Å². The number of nitrogens with one attached hydrogen (secondary N) is 1. The minimum absolute atomic E-state index is 0.170. The fourth-order valence-corrected chi connectivity index (χ4v) is 2.60. The van der Waals surface area contributed by atoms with Crippen LogP contribution >= 0.6 is 0 Å². The molecule has 1 aromatic heterocycles. The maximum atomic E-state index is 10.9. The van der Waals surface area contributed by atoms with Crippen LogP contribution in [0, 0.1) is 18.3 Å². The third-order valence-corrected chi connectivity index (χ3v) is 4.14. The van der Waals surface area contributed by atoms with Crippen LogP contribution in [-0.2, 0) is 0 Å². The van der Waals surface area contributed by atoms with Crippen molar-refractivity contribution in [3.8, 4) is 0 Å². The van der Waals surface area contributed by atoms with Crippen molar-refractivity contribution in [1.82, 2.24) is 9.97 Å². The molecule has 1 heterocycles. The topological polar surface area (TPSA) is 75.1 Å². The predicted molar refractivity (Wildman–Crippen MR) is 66.6 cm³/mol. The summed E-state index contributed by atoms with van der Waals surface area (Å²) in [5.74, 6) is 0.463. The molecule has 5 heteroatoms. The molecule has 0 unspecified atom stereocenters. The maximum Gasteiger partial charge on any atom is 0.339 e. The van der Waals surface area contributed by atoms with Crippen LogP contribution in [0.5, 0.6) is 0 Å². The molecular formula is C13H17N3O2. The van der Waals surface area contributed by atoms with Gasteiger partial charge in [-0.3, -0.25) is 0 Å². The van der Waals surface area contributed by atoms with Gasteiger partial charge >= 0.3 is 5.97 Å². The zero-order valence-corrected chi connectivity index (χ0v) is 10.4. The molecule has 1 aromatic rings. The summed E-state index contributed by atoms with van der Waals surface area (Å²) < 4.78 is 0. The fraction of sp³-hybridized carbons (Fsp3) is 0.615. The lowest BCUT2D eigenvalue weighted by molar-refractivity contribution is 0.0695. The van der Waals surface area contributed by atoms with Gasteiger partial charge in [0.1, 0.15) is 0 Å². The normalized spacial score (nSPS) is 20.5. The van der Waals surface area contributed by atoms with Gasteiger partial charge in [-0.25, -0.2) is 14.8 Å². The summed E-state index contributed by atoms with van der Waals surface area (Å²) in [5, 5.41) is 12.2. The first-order chi connectivity index (χ1) is 8.61. The van der Waals surface area contributed by atoms with E-state index in [-0.39, 0.29) is 5.56 Å². The number of aromatic carboxylic acids is 1. The van der Waals surface area contributed by atoms with E-state index in [1.165, 1.54) is 31.9 Å². The zero-order chi connectivity index (χ0) is 12.8. The Labute approximate surface area is 106 Å². The number of carbonyl (C=O) groups is 1. The van der Waals surface area contributed by atoms with Crippen LogP contribution in [0.25, 0.3) is 0 Å². The quantitative estimate of drug-likeness (QED) is 0.833. The lowest BCUT2D eigenvalue weighted by Gasteiger charge is -2.15. The molecule has 0 spiro atoms. The SMILES string of the molecule is Cc1nc(NCC2(C3CC3)CC2)ncc1C(=O)O. The molecule has 2 fully saturated rings. The van der Waals surface area contributed by atoms with Crippen molar-refractivity contribution in [1.29, 1.82) is 0 Å². The van der Waals surface area contributed by atoms with E-state index in [0.717, 1.165) is 12.5 Å². The maximum absolute atomic E-state index is 10.9. The molecule has 0 radical (unpaired) electrons. The molecule has 2 aliphatic rings. The van der Waals surface area contributed by atoms with Gasteiger partial charge < -0.3 is 10.4 Å². The molecule has 2 N–H and O–H groups in total. The Morgan fingerprint density at radius 1 is 1.56 bits per heavy atom. The average Bonchev–Trinajstić information content (AvgIpc) is 3.17. The lowest BCUT2D eigenvalue weighted by atomic mass is 10.0. The van der Waals surface area contributed by atoms with Gasteiger partial charge in [0.25, 0.3) is 0 Å². The van der Waals surface area contributed by atoms with Crippen molar-refractivity contribution >= 4 is 11.9 Å². The molecule has 96 valence electrons. The summed E-state index contributed by atoms with van der Waals surface area (Å²) in [4.78, 5) is 19.1. The largest absolute Gasteiger partial charge is 0.478 e. The molecular weight excluding hydrogens is 230 g/mol. The van der Waals surface area contributed by atoms with E-state index in [1.54, 1.807) is 6.92 Å². The minimum atomic E-state index is -0.976. The first-order valence-corrected chi connectivity index (χ1v) is 6.41. The Hall–Kier alpha value is -1.65. The fourth-order valence-electron chi connectivity index (χ4n) is 2.60. The number of anilines is 1. The first-order valence-electron chi connectivity index (χ1n) is 6.41. The van der Waals surface area contributed by atoms with E-state index in [9.17, 15) is 4.79 Å². The van der Waals surface area contributed by atoms with E-state index in [1.807, 2.05) is 0 Å². The van der Waals surface area contributed by atoms with Gasteiger partial charge in [0, 0.05) is 12.7 Å². The number of hydrogen-bond donors (Lipinski definition) is 2. The highest BCUT2D eigenvalue weighted by molar-refractivity contribution is 5.88. The van der Waals surface area contributed by atoms with Crippen LogP contribution < -0.4 is 5.32 Å². The van der Waals surface area contributed by atoms with Crippen molar-refractivity contribution in [3.63, 3.8) is 0 Å². The first kappa shape index (κ1) is 11.4. The molecule has 2 saturated carbocycles. The molecule has 0 bridgehead atoms. The number of rotatable bonds is 5. The Morgan fingerprint density at radius 3 is 2.78 bits per heavy atom. The van der Waals surface area contributed by atoms with Gasteiger partial charge in [0.2, 0.25) is 5.95 Å². The standard InChI is InChI=1S/C13H17N3O2/c1-8-10(11(17)18)6-14-12(16-8)15-7-13(4-5-13)9-2-3-9/h6,9H,2-5,7H2,1H3,(H,17,18)(H,14,15,16). The predicted octanol–water partition coefficient (Wildman–Crippen LogP) is 2.09.